The van der Waals surface area contributed by atoms with Gasteiger partial charge in [0.15, 0.2) is 17.3 Å². The molecular formula is C24H35N5O5S. The smallest absolute Gasteiger partial charge is 0.281 e. The summed E-state index contributed by atoms with van der Waals surface area (Å²) in [5, 5.41) is 10.2. The summed E-state index contributed by atoms with van der Waals surface area (Å²) in [6.45, 7) is 8.47. The van der Waals surface area contributed by atoms with Gasteiger partial charge in [0, 0.05) is 37.4 Å². The molecule has 10 nitrogen and oxygen atoms in total. The number of aromatic amines is 1. The number of aryl methyl sites for hydroxylation is 1. The lowest BCUT2D eigenvalue weighted by molar-refractivity contribution is -0.120. The van der Waals surface area contributed by atoms with Gasteiger partial charge in [-0.25, -0.2) is 0 Å². The van der Waals surface area contributed by atoms with E-state index in [1.54, 1.807) is 0 Å². The highest BCUT2D eigenvalue weighted by Crippen LogP contribution is 2.37. The molecule has 0 radical (unpaired) electrons. The van der Waals surface area contributed by atoms with E-state index in [0.29, 0.717) is 63.0 Å². The van der Waals surface area contributed by atoms with Crippen molar-refractivity contribution in [2.45, 2.75) is 46.5 Å². The molecule has 2 aromatic rings. The van der Waals surface area contributed by atoms with Gasteiger partial charge in [0.05, 0.1) is 19.1 Å². The number of benzene rings is 1. The summed E-state index contributed by atoms with van der Waals surface area (Å²) < 4.78 is 40.4. The Morgan fingerprint density at radius 3 is 2.49 bits per heavy atom. The van der Waals surface area contributed by atoms with E-state index in [-0.39, 0.29) is 12.5 Å². The van der Waals surface area contributed by atoms with Crippen molar-refractivity contribution in [1.29, 1.82) is 0 Å². The van der Waals surface area contributed by atoms with Gasteiger partial charge >= 0.3 is 0 Å². The van der Waals surface area contributed by atoms with Crippen molar-refractivity contribution in [2.75, 3.05) is 44.7 Å². The van der Waals surface area contributed by atoms with Crippen molar-refractivity contribution >= 4 is 21.9 Å². The zero-order chi connectivity index (χ0) is 25.0. The molecule has 192 valence electrons. The van der Waals surface area contributed by atoms with Crippen LogP contribution in [0.5, 0.6) is 11.5 Å². The number of rotatable bonds is 9. The summed E-state index contributed by atoms with van der Waals surface area (Å²) in [7, 11) is -3.53. The van der Waals surface area contributed by atoms with E-state index < -0.39 is 16.1 Å². The maximum atomic E-state index is 13.2. The minimum Gasteiger partial charge on any atom is -0.490 e. The number of hydrogen-bond acceptors (Lipinski definition) is 6. The van der Waals surface area contributed by atoms with Crippen LogP contribution in [0.4, 0.5) is 5.82 Å². The van der Waals surface area contributed by atoms with E-state index in [1.807, 2.05) is 39.0 Å². The highest BCUT2D eigenvalue weighted by molar-refractivity contribution is 7.86. The molecule has 0 spiro atoms. The SMILES string of the molecule is CCOc1ccc(-c2c(NC(=O)[C@@H]3CCCN(S(=O)(=O)N4CCCC4)C3)n[nH]c2C)cc1OCC. The van der Waals surface area contributed by atoms with Crippen LogP contribution in [0, 0.1) is 12.8 Å². The molecule has 0 unspecified atom stereocenters. The minimum absolute atomic E-state index is 0.181. The van der Waals surface area contributed by atoms with Gasteiger partial charge in [-0.3, -0.25) is 9.89 Å². The van der Waals surface area contributed by atoms with E-state index in [2.05, 4.69) is 15.5 Å². The number of piperidine rings is 1. The average Bonchev–Trinajstić information content (AvgIpc) is 3.52. The maximum absolute atomic E-state index is 13.2. The third-order valence-corrected chi connectivity index (χ3v) is 8.50. The Hall–Kier alpha value is -2.63. The molecule has 1 aromatic heterocycles. The molecule has 2 N–H and O–H groups in total. The van der Waals surface area contributed by atoms with Crippen molar-refractivity contribution in [3.05, 3.63) is 23.9 Å². The number of aromatic nitrogens is 2. The minimum atomic E-state index is -3.53. The second-order valence-electron chi connectivity index (χ2n) is 8.90. The van der Waals surface area contributed by atoms with Crippen LogP contribution >= 0.6 is 0 Å². The molecule has 0 aliphatic carbocycles. The predicted molar refractivity (Wildman–Crippen MR) is 134 cm³/mol. The molecule has 1 atom stereocenters. The first-order valence-electron chi connectivity index (χ1n) is 12.4. The van der Waals surface area contributed by atoms with Crippen molar-refractivity contribution in [1.82, 2.24) is 18.8 Å². The van der Waals surface area contributed by atoms with E-state index in [9.17, 15) is 13.2 Å². The van der Waals surface area contributed by atoms with Crippen LogP contribution in [0.1, 0.15) is 45.2 Å². The summed E-state index contributed by atoms with van der Waals surface area (Å²) in [5.41, 5.74) is 2.40. The van der Waals surface area contributed by atoms with Crippen molar-refractivity contribution in [3.63, 3.8) is 0 Å². The van der Waals surface area contributed by atoms with Gasteiger partial charge in [0.25, 0.3) is 10.2 Å². The Bertz CT molecular complexity index is 1140. The number of anilines is 1. The first-order chi connectivity index (χ1) is 16.8. The van der Waals surface area contributed by atoms with Crippen LogP contribution in [0.25, 0.3) is 11.1 Å². The van der Waals surface area contributed by atoms with Crippen LogP contribution in [-0.2, 0) is 15.0 Å². The number of carbonyl (C=O) groups is 1. The summed E-state index contributed by atoms with van der Waals surface area (Å²) in [6.07, 6.45) is 3.05. The van der Waals surface area contributed by atoms with Crippen molar-refractivity contribution in [2.24, 2.45) is 5.92 Å². The van der Waals surface area contributed by atoms with Gasteiger partial charge < -0.3 is 14.8 Å². The first-order valence-corrected chi connectivity index (χ1v) is 13.8. The third-order valence-electron chi connectivity index (χ3n) is 6.49. The van der Waals surface area contributed by atoms with Crippen LogP contribution in [0.15, 0.2) is 18.2 Å². The second kappa shape index (κ2) is 11.0. The number of nitrogens with zero attached hydrogens (tertiary/aromatic N) is 3. The Morgan fingerprint density at radius 2 is 1.77 bits per heavy atom. The van der Waals surface area contributed by atoms with Crippen LogP contribution in [0.2, 0.25) is 0 Å². The van der Waals surface area contributed by atoms with E-state index >= 15 is 0 Å². The highest BCUT2D eigenvalue weighted by atomic mass is 32.2. The van der Waals surface area contributed by atoms with E-state index in [4.69, 9.17) is 9.47 Å². The summed E-state index contributed by atoms with van der Waals surface area (Å²) >= 11 is 0. The lowest BCUT2D eigenvalue weighted by atomic mass is 9.98. The van der Waals surface area contributed by atoms with Gasteiger partial charge in [-0.2, -0.15) is 22.1 Å². The van der Waals surface area contributed by atoms with Crippen LogP contribution in [0.3, 0.4) is 0 Å². The fraction of sp³-hybridized carbons (Fsp3) is 0.583. The molecule has 2 aliphatic rings. The average molecular weight is 506 g/mol. The Labute approximate surface area is 207 Å². The van der Waals surface area contributed by atoms with Gasteiger partial charge in [0.2, 0.25) is 5.91 Å². The zero-order valence-corrected chi connectivity index (χ0v) is 21.5. The quantitative estimate of drug-likeness (QED) is 0.541. The largest absolute Gasteiger partial charge is 0.490 e. The number of carbonyl (C=O) groups excluding carboxylic acids is 1. The van der Waals surface area contributed by atoms with Crippen molar-refractivity contribution in [3.8, 4) is 22.6 Å². The van der Waals surface area contributed by atoms with Crippen LogP contribution < -0.4 is 14.8 Å². The van der Waals surface area contributed by atoms with Crippen molar-refractivity contribution < 1.29 is 22.7 Å². The third kappa shape index (κ3) is 5.46. The predicted octanol–water partition coefficient (Wildman–Crippen LogP) is 3.17. The molecule has 0 bridgehead atoms. The molecule has 0 saturated carbocycles. The molecule has 35 heavy (non-hydrogen) atoms. The fourth-order valence-corrected chi connectivity index (χ4v) is 6.52. The second-order valence-corrected chi connectivity index (χ2v) is 10.8. The van der Waals surface area contributed by atoms with Crippen LogP contribution in [-0.4, -0.2) is 72.5 Å². The normalized spacial score (nSPS) is 19.6. The summed E-state index contributed by atoms with van der Waals surface area (Å²) in [6, 6.07) is 5.64. The molecule has 11 heteroatoms. The zero-order valence-electron chi connectivity index (χ0n) is 20.7. The lowest BCUT2D eigenvalue weighted by Gasteiger charge is -2.33. The van der Waals surface area contributed by atoms with Gasteiger partial charge in [-0.1, -0.05) is 6.07 Å². The topological polar surface area (TPSA) is 117 Å². The standard InChI is InChI=1S/C24H35N5O5S/c1-4-33-20-11-10-18(15-21(20)34-5-2)22-17(3)26-27-23(22)25-24(30)19-9-8-14-29(16-19)35(31,32)28-12-6-7-13-28/h10-11,15,19H,4-9,12-14,16H2,1-3H3,(H2,25,26,27,30)/t19-/m1/s1. The molecule has 2 aliphatic heterocycles. The first kappa shape index (κ1) is 25.5. The van der Waals surface area contributed by atoms with Gasteiger partial charge in [-0.05, 0) is 64.2 Å². The highest BCUT2D eigenvalue weighted by Gasteiger charge is 2.37. The fourth-order valence-electron chi connectivity index (χ4n) is 4.75. The molecule has 2 fully saturated rings. The van der Waals surface area contributed by atoms with E-state index in [1.165, 1.54) is 8.61 Å². The van der Waals surface area contributed by atoms with E-state index in [0.717, 1.165) is 29.7 Å². The number of nitrogens with one attached hydrogen (secondary N) is 2. The number of ether oxygens (including phenoxy) is 2. The molecular weight excluding hydrogens is 470 g/mol. The molecule has 4 rings (SSSR count). The number of H-pyrrole nitrogens is 1. The van der Waals surface area contributed by atoms with Gasteiger partial charge in [-0.15, -0.1) is 0 Å². The Balaban J connectivity index is 1.52. The summed E-state index contributed by atoms with van der Waals surface area (Å²) in [4.78, 5) is 13.2. The number of amides is 1. The Kier molecular flexibility index (Phi) is 7.98. The summed E-state index contributed by atoms with van der Waals surface area (Å²) in [5.74, 6) is 1.03. The van der Waals surface area contributed by atoms with Gasteiger partial charge in [0.1, 0.15) is 0 Å². The molecule has 3 heterocycles. The lowest BCUT2D eigenvalue weighted by Crippen LogP contribution is -2.49. The monoisotopic (exact) mass is 505 g/mol. The number of hydrogen-bond donors (Lipinski definition) is 2. The molecule has 2 saturated heterocycles. The molecule has 1 aromatic carbocycles. The Morgan fingerprint density at radius 1 is 1.09 bits per heavy atom. The maximum Gasteiger partial charge on any atom is 0.281 e. The molecule has 1 amide bonds.